The van der Waals surface area contributed by atoms with Crippen LogP contribution in [0, 0.1) is 17.2 Å². The van der Waals surface area contributed by atoms with Crippen LogP contribution in [0.1, 0.15) is 64.2 Å². The second kappa shape index (κ2) is 11.5. The van der Waals surface area contributed by atoms with Gasteiger partial charge in [0.2, 0.25) is 0 Å². The molecule has 0 spiro atoms. The molecule has 3 aromatic rings. The van der Waals surface area contributed by atoms with Crippen LogP contribution in [-0.2, 0) is 47.1 Å². The van der Waals surface area contributed by atoms with Crippen molar-refractivity contribution in [1.29, 1.82) is 5.26 Å². The summed E-state index contributed by atoms with van der Waals surface area (Å²) in [6.45, 7) is 2.47. The van der Waals surface area contributed by atoms with Gasteiger partial charge in [-0.3, -0.25) is 9.59 Å². The number of carbonyl (C=O) groups is 2. The fourth-order valence-corrected chi connectivity index (χ4v) is 6.19. The van der Waals surface area contributed by atoms with Gasteiger partial charge in [-0.1, -0.05) is 37.3 Å². The Balaban J connectivity index is 1.31. The maximum absolute atomic E-state index is 12.8. The van der Waals surface area contributed by atoms with Crippen LogP contribution >= 0.6 is 11.3 Å². The maximum atomic E-state index is 12.8. The van der Waals surface area contributed by atoms with E-state index in [1.807, 2.05) is 41.9 Å². The fraction of sp³-hybridized carbons (Fsp3) is 0.429. The summed E-state index contributed by atoms with van der Waals surface area (Å²) in [5.74, 6) is 0.367. The molecule has 1 aromatic carbocycles. The van der Waals surface area contributed by atoms with E-state index in [-0.39, 0.29) is 23.6 Å². The summed E-state index contributed by atoms with van der Waals surface area (Å²) in [4.78, 5) is 31.2. The number of fused-ring (bicyclic) bond motifs is 1. The Labute approximate surface area is 210 Å². The Morgan fingerprint density at radius 2 is 2.11 bits per heavy atom. The molecule has 2 aromatic heterocycles. The molecule has 0 bridgehead atoms. The first-order chi connectivity index (χ1) is 16.9. The monoisotopic (exact) mass is 489 g/mol. The normalized spacial score (nSPS) is 15.7. The van der Waals surface area contributed by atoms with E-state index in [2.05, 4.69) is 18.0 Å². The molecule has 0 fully saturated rings. The average Bonchev–Trinajstić information content (AvgIpc) is 3.43. The van der Waals surface area contributed by atoms with Gasteiger partial charge in [-0.15, -0.1) is 11.3 Å². The highest BCUT2D eigenvalue weighted by atomic mass is 32.1. The average molecular weight is 490 g/mol. The van der Waals surface area contributed by atoms with E-state index >= 15 is 0 Å². The summed E-state index contributed by atoms with van der Waals surface area (Å²) in [6.07, 6.45) is 7.68. The molecule has 35 heavy (non-hydrogen) atoms. The molecule has 0 saturated carbocycles. The summed E-state index contributed by atoms with van der Waals surface area (Å²) in [5, 5.41) is 9.80. The molecular weight excluding hydrogens is 458 g/mol. The molecule has 0 aliphatic heterocycles. The fourth-order valence-electron chi connectivity index (χ4n) is 4.74. The van der Waals surface area contributed by atoms with E-state index in [0.29, 0.717) is 37.9 Å². The summed E-state index contributed by atoms with van der Waals surface area (Å²) < 4.78 is 7.47. The predicted molar refractivity (Wildman–Crippen MR) is 135 cm³/mol. The van der Waals surface area contributed by atoms with Gasteiger partial charge in [-0.05, 0) is 48.6 Å². The summed E-state index contributed by atoms with van der Waals surface area (Å²) in [5.41, 5.74) is 3.95. The molecule has 0 amide bonds. The lowest BCUT2D eigenvalue weighted by molar-refractivity contribution is -0.145. The third kappa shape index (κ3) is 6.26. The minimum Gasteiger partial charge on any atom is -0.465 e. The molecule has 2 heterocycles. The summed E-state index contributed by atoms with van der Waals surface area (Å²) >= 11 is 1.59. The van der Waals surface area contributed by atoms with Crippen molar-refractivity contribution in [1.82, 2.24) is 9.55 Å². The number of rotatable bonds is 10. The second-order valence-corrected chi connectivity index (χ2v) is 10.6. The minimum atomic E-state index is -0.195. The third-order valence-electron chi connectivity index (χ3n) is 6.79. The summed E-state index contributed by atoms with van der Waals surface area (Å²) in [6, 6.07) is 12.4. The van der Waals surface area contributed by atoms with Crippen molar-refractivity contribution in [2.45, 2.75) is 57.8 Å². The number of imidazole rings is 1. The van der Waals surface area contributed by atoms with E-state index in [9.17, 15) is 14.9 Å². The molecule has 182 valence electrons. The highest BCUT2D eigenvalue weighted by molar-refractivity contribution is 7.12. The zero-order chi connectivity index (χ0) is 24.8. The number of ketones is 1. The number of ether oxygens (including phenoxy) is 1. The number of nitriles is 1. The molecule has 6 nitrogen and oxygen atoms in total. The van der Waals surface area contributed by atoms with Crippen molar-refractivity contribution < 1.29 is 14.3 Å². The minimum absolute atomic E-state index is 0.153. The molecule has 7 heteroatoms. The molecular formula is C28H31N3O3S. The molecule has 4 rings (SSSR count). The van der Waals surface area contributed by atoms with Crippen molar-refractivity contribution in [2.24, 2.45) is 13.0 Å². The van der Waals surface area contributed by atoms with Crippen LogP contribution in [0.4, 0.5) is 0 Å². The van der Waals surface area contributed by atoms with Gasteiger partial charge in [-0.2, -0.15) is 5.26 Å². The molecule has 1 aliphatic rings. The van der Waals surface area contributed by atoms with Crippen LogP contribution in [-0.4, -0.2) is 27.9 Å². The standard InChI is InChI=1S/C28H31N3O3S/c1-19(21-6-4-3-5-7-21)12-23(32)14-27-25(15-29)24-10-8-20(13-26(24)35-27)17-34-28(33)11-9-22-16-30-18-31(22)2/h3-7,16,18-20H,8-14,17H2,1-2H3. The first-order valence-electron chi connectivity index (χ1n) is 12.2. The van der Waals surface area contributed by atoms with E-state index in [1.54, 1.807) is 23.9 Å². The third-order valence-corrected chi connectivity index (χ3v) is 8.05. The Bertz CT molecular complexity index is 1220. The molecule has 0 radical (unpaired) electrons. The number of aryl methyl sites for hydroxylation is 2. The van der Waals surface area contributed by atoms with Crippen LogP contribution in [0.25, 0.3) is 0 Å². The molecule has 2 atom stereocenters. The number of nitrogens with zero attached hydrogens (tertiary/aromatic N) is 3. The number of thiophene rings is 1. The molecule has 0 saturated heterocycles. The number of carbonyl (C=O) groups excluding carboxylic acids is 2. The van der Waals surface area contributed by atoms with Crippen molar-refractivity contribution in [3.8, 4) is 6.07 Å². The van der Waals surface area contributed by atoms with Crippen molar-refractivity contribution in [3.05, 3.63) is 75.0 Å². The van der Waals surface area contributed by atoms with Gasteiger partial charge < -0.3 is 9.30 Å². The highest BCUT2D eigenvalue weighted by Gasteiger charge is 2.27. The van der Waals surface area contributed by atoms with Gasteiger partial charge in [0.05, 0.1) is 24.9 Å². The number of hydrogen-bond acceptors (Lipinski definition) is 6. The largest absolute Gasteiger partial charge is 0.465 e. The van der Waals surface area contributed by atoms with Crippen LogP contribution in [0.3, 0.4) is 0 Å². The van der Waals surface area contributed by atoms with Gasteiger partial charge in [0.15, 0.2) is 0 Å². The van der Waals surface area contributed by atoms with Crippen molar-refractivity contribution >= 4 is 23.1 Å². The quantitative estimate of drug-likeness (QED) is 0.377. The van der Waals surface area contributed by atoms with Gasteiger partial charge in [0.1, 0.15) is 11.9 Å². The Morgan fingerprint density at radius 3 is 2.83 bits per heavy atom. The number of hydrogen-bond donors (Lipinski definition) is 0. The van der Waals surface area contributed by atoms with Crippen LogP contribution < -0.4 is 0 Å². The predicted octanol–water partition coefficient (Wildman–Crippen LogP) is 4.94. The number of benzene rings is 1. The zero-order valence-corrected chi connectivity index (χ0v) is 21.1. The Hall–Kier alpha value is -3.24. The lowest BCUT2D eigenvalue weighted by atomic mass is 9.87. The van der Waals surface area contributed by atoms with E-state index in [4.69, 9.17) is 4.74 Å². The maximum Gasteiger partial charge on any atom is 0.306 e. The second-order valence-electron chi connectivity index (χ2n) is 9.43. The summed E-state index contributed by atoms with van der Waals surface area (Å²) in [7, 11) is 1.91. The molecule has 1 aliphatic carbocycles. The topological polar surface area (TPSA) is 85.0 Å². The first-order valence-corrected chi connectivity index (χ1v) is 13.0. The van der Waals surface area contributed by atoms with Gasteiger partial charge in [-0.25, -0.2) is 4.98 Å². The van der Waals surface area contributed by atoms with Gasteiger partial charge in [0, 0.05) is 41.5 Å². The molecule has 0 N–H and O–H groups in total. The number of Topliss-reactive ketones (excluding diaryl/α,β-unsaturated/α-hetero) is 1. The van der Waals surface area contributed by atoms with Crippen molar-refractivity contribution in [2.75, 3.05) is 6.61 Å². The van der Waals surface area contributed by atoms with Crippen molar-refractivity contribution in [3.63, 3.8) is 0 Å². The van der Waals surface area contributed by atoms with Crippen LogP contribution in [0.15, 0.2) is 42.9 Å². The van der Waals surface area contributed by atoms with Crippen LogP contribution in [0.5, 0.6) is 0 Å². The van der Waals surface area contributed by atoms with E-state index in [1.165, 1.54) is 4.88 Å². The lowest BCUT2D eigenvalue weighted by Crippen LogP contribution is -2.20. The number of aromatic nitrogens is 2. The molecule has 2 unspecified atom stereocenters. The highest BCUT2D eigenvalue weighted by Crippen LogP contribution is 2.37. The van der Waals surface area contributed by atoms with E-state index in [0.717, 1.165) is 41.0 Å². The van der Waals surface area contributed by atoms with Crippen LogP contribution in [0.2, 0.25) is 0 Å². The number of esters is 1. The Morgan fingerprint density at radius 1 is 1.31 bits per heavy atom. The first kappa shape index (κ1) is 24.9. The Kier molecular flexibility index (Phi) is 8.14. The lowest BCUT2D eigenvalue weighted by Gasteiger charge is -2.22. The van der Waals surface area contributed by atoms with Gasteiger partial charge >= 0.3 is 5.97 Å². The van der Waals surface area contributed by atoms with E-state index < -0.39 is 0 Å². The zero-order valence-electron chi connectivity index (χ0n) is 20.3. The SMILES string of the molecule is CC(CC(=O)Cc1sc2c(c1C#N)CCC(COC(=O)CCc1cncn1C)C2)c1ccccc1. The smallest absolute Gasteiger partial charge is 0.306 e. The van der Waals surface area contributed by atoms with Gasteiger partial charge in [0.25, 0.3) is 0 Å².